The zero-order valence-corrected chi connectivity index (χ0v) is 10.4. The maximum absolute atomic E-state index is 11.8. The van der Waals surface area contributed by atoms with Gasteiger partial charge >= 0.3 is 5.97 Å². The number of benzene rings is 1. The smallest absolute Gasteiger partial charge is 0.347 e. The van der Waals surface area contributed by atoms with Gasteiger partial charge in [0.1, 0.15) is 28.4 Å². The standard InChI is InChI=1S/C13H14O5/c1-6-9(17-4)5-8(14)10-11(6)13(3,16)7(2)18-12(10)15/h5,14,16H,2H2,1,3-4H3/t13-/m1/s1. The molecule has 0 saturated heterocycles. The summed E-state index contributed by atoms with van der Waals surface area (Å²) in [7, 11) is 1.44. The Morgan fingerprint density at radius 1 is 1.50 bits per heavy atom. The van der Waals surface area contributed by atoms with Gasteiger partial charge in [-0.05, 0) is 19.4 Å². The average molecular weight is 250 g/mol. The molecule has 0 unspecified atom stereocenters. The summed E-state index contributed by atoms with van der Waals surface area (Å²) in [5, 5.41) is 20.3. The molecule has 18 heavy (non-hydrogen) atoms. The van der Waals surface area contributed by atoms with Crippen molar-refractivity contribution in [1.29, 1.82) is 0 Å². The Morgan fingerprint density at radius 3 is 2.67 bits per heavy atom. The molecule has 1 aliphatic rings. The number of hydrogen-bond acceptors (Lipinski definition) is 5. The first-order chi connectivity index (χ1) is 8.30. The van der Waals surface area contributed by atoms with Crippen LogP contribution < -0.4 is 4.74 Å². The molecule has 2 rings (SSSR count). The summed E-state index contributed by atoms with van der Waals surface area (Å²) >= 11 is 0. The topological polar surface area (TPSA) is 76.0 Å². The number of cyclic esters (lactones) is 1. The van der Waals surface area contributed by atoms with E-state index in [2.05, 4.69) is 6.58 Å². The van der Waals surface area contributed by atoms with E-state index in [0.717, 1.165) is 0 Å². The lowest BCUT2D eigenvalue weighted by Crippen LogP contribution is -2.35. The summed E-state index contributed by atoms with van der Waals surface area (Å²) in [6, 6.07) is 1.32. The molecule has 5 nitrogen and oxygen atoms in total. The number of methoxy groups -OCH3 is 1. The molecule has 0 bridgehead atoms. The Kier molecular flexibility index (Phi) is 2.59. The fraction of sp³-hybridized carbons (Fsp3) is 0.308. The second-order valence-electron chi connectivity index (χ2n) is 4.36. The van der Waals surface area contributed by atoms with Crippen LogP contribution in [0.1, 0.15) is 28.4 Å². The van der Waals surface area contributed by atoms with Gasteiger partial charge in [-0.25, -0.2) is 4.79 Å². The molecule has 2 N–H and O–H groups in total. The Labute approximate surface area is 104 Å². The first kappa shape index (κ1) is 12.4. The van der Waals surface area contributed by atoms with Gasteiger partial charge in [-0.15, -0.1) is 0 Å². The summed E-state index contributed by atoms with van der Waals surface area (Å²) in [5.41, 5.74) is -0.779. The second-order valence-corrected chi connectivity index (χ2v) is 4.36. The lowest BCUT2D eigenvalue weighted by Gasteiger charge is -2.33. The van der Waals surface area contributed by atoms with E-state index >= 15 is 0 Å². The van der Waals surface area contributed by atoms with Gasteiger partial charge in [-0.2, -0.15) is 0 Å². The number of phenols is 1. The molecule has 0 radical (unpaired) electrons. The zero-order valence-electron chi connectivity index (χ0n) is 10.4. The molecule has 0 amide bonds. The Balaban J connectivity index is 2.87. The van der Waals surface area contributed by atoms with E-state index in [1.807, 2.05) is 0 Å². The molecule has 0 saturated carbocycles. The molecule has 1 aromatic carbocycles. The third kappa shape index (κ3) is 1.48. The van der Waals surface area contributed by atoms with Gasteiger partial charge in [0.05, 0.1) is 7.11 Å². The third-order valence-electron chi connectivity index (χ3n) is 3.19. The Hall–Kier alpha value is -2.01. The van der Waals surface area contributed by atoms with Crippen LogP contribution in [0.2, 0.25) is 0 Å². The van der Waals surface area contributed by atoms with Crippen LogP contribution >= 0.6 is 0 Å². The number of hydrogen-bond donors (Lipinski definition) is 2. The van der Waals surface area contributed by atoms with E-state index in [9.17, 15) is 15.0 Å². The highest BCUT2D eigenvalue weighted by atomic mass is 16.6. The third-order valence-corrected chi connectivity index (χ3v) is 3.19. The number of phenolic OH excluding ortho intramolecular Hbond substituents is 1. The van der Waals surface area contributed by atoms with Gasteiger partial charge in [-0.3, -0.25) is 0 Å². The van der Waals surface area contributed by atoms with Crippen LogP contribution in [-0.2, 0) is 10.3 Å². The molecular weight excluding hydrogens is 236 g/mol. The van der Waals surface area contributed by atoms with Crippen LogP contribution in [0.5, 0.6) is 11.5 Å². The SMILES string of the molecule is C=C1OC(=O)c2c(O)cc(OC)c(C)c2[C@]1(C)O. The molecule has 0 spiro atoms. The maximum Gasteiger partial charge on any atom is 0.347 e. The number of carbonyl (C=O) groups excluding carboxylic acids is 1. The van der Waals surface area contributed by atoms with Gasteiger partial charge in [0.2, 0.25) is 0 Å². The molecule has 1 aromatic rings. The summed E-state index contributed by atoms with van der Waals surface area (Å²) < 4.78 is 9.96. The van der Waals surface area contributed by atoms with Crippen LogP contribution in [0.15, 0.2) is 18.4 Å². The molecule has 0 aliphatic carbocycles. The lowest BCUT2D eigenvalue weighted by molar-refractivity contribution is 0.00784. The van der Waals surface area contributed by atoms with Crippen LogP contribution in [0.3, 0.4) is 0 Å². The molecule has 1 heterocycles. The minimum Gasteiger partial charge on any atom is -0.507 e. The summed E-state index contributed by atoms with van der Waals surface area (Å²) in [6.07, 6.45) is 0. The number of aromatic hydroxyl groups is 1. The predicted octanol–water partition coefficient (Wildman–Crippen LogP) is 1.60. The fourth-order valence-electron chi connectivity index (χ4n) is 2.17. The van der Waals surface area contributed by atoms with Crippen molar-refractivity contribution < 1.29 is 24.5 Å². The number of ether oxygens (including phenoxy) is 2. The number of carbonyl (C=O) groups is 1. The van der Waals surface area contributed by atoms with E-state index in [1.165, 1.54) is 20.1 Å². The van der Waals surface area contributed by atoms with Gasteiger partial charge in [0.15, 0.2) is 0 Å². The van der Waals surface area contributed by atoms with Crippen LogP contribution in [0.25, 0.3) is 0 Å². The van der Waals surface area contributed by atoms with Gasteiger partial charge < -0.3 is 19.7 Å². The molecule has 0 fully saturated rings. The number of aliphatic hydroxyl groups is 1. The van der Waals surface area contributed by atoms with Gasteiger partial charge in [0, 0.05) is 11.6 Å². The zero-order chi connectivity index (χ0) is 13.7. The minimum absolute atomic E-state index is 0.0503. The van der Waals surface area contributed by atoms with E-state index in [1.54, 1.807) is 6.92 Å². The lowest BCUT2D eigenvalue weighted by atomic mass is 9.83. The summed E-state index contributed by atoms with van der Waals surface area (Å²) in [6.45, 7) is 6.67. The van der Waals surface area contributed by atoms with Crippen molar-refractivity contribution in [1.82, 2.24) is 0 Å². The van der Waals surface area contributed by atoms with E-state index in [4.69, 9.17) is 9.47 Å². The van der Waals surface area contributed by atoms with Crippen LogP contribution in [0, 0.1) is 6.92 Å². The highest BCUT2D eigenvalue weighted by Crippen LogP contribution is 2.44. The maximum atomic E-state index is 11.8. The number of esters is 1. The minimum atomic E-state index is -1.56. The normalized spacial score (nSPS) is 22.4. The Morgan fingerprint density at radius 2 is 2.11 bits per heavy atom. The number of fused-ring (bicyclic) bond motifs is 1. The Bertz CT molecular complexity index is 557. The highest BCUT2D eigenvalue weighted by Gasteiger charge is 2.43. The van der Waals surface area contributed by atoms with Crippen LogP contribution in [-0.4, -0.2) is 23.3 Å². The molecule has 0 aromatic heterocycles. The van der Waals surface area contributed by atoms with Crippen molar-refractivity contribution in [3.63, 3.8) is 0 Å². The average Bonchev–Trinajstić information content (AvgIpc) is 2.28. The van der Waals surface area contributed by atoms with Gasteiger partial charge in [-0.1, -0.05) is 6.58 Å². The second kappa shape index (κ2) is 3.74. The number of rotatable bonds is 1. The molecule has 96 valence electrons. The molecule has 5 heteroatoms. The largest absolute Gasteiger partial charge is 0.507 e. The van der Waals surface area contributed by atoms with Crippen molar-refractivity contribution in [2.75, 3.05) is 7.11 Å². The monoisotopic (exact) mass is 250 g/mol. The summed E-state index contributed by atoms with van der Waals surface area (Å²) in [4.78, 5) is 11.8. The summed E-state index contributed by atoms with van der Waals surface area (Å²) in [5.74, 6) is -0.709. The van der Waals surface area contributed by atoms with Crippen molar-refractivity contribution in [3.8, 4) is 11.5 Å². The van der Waals surface area contributed by atoms with Crippen molar-refractivity contribution in [2.45, 2.75) is 19.4 Å². The molecular formula is C13H14O5. The van der Waals surface area contributed by atoms with Gasteiger partial charge in [0.25, 0.3) is 0 Å². The van der Waals surface area contributed by atoms with Crippen molar-refractivity contribution in [2.24, 2.45) is 0 Å². The fourth-order valence-corrected chi connectivity index (χ4v) is 2.17. The highest BCUT2D eigenvalue weighted by molar-refractivity contribution is 5.97. The van der Waals surface area contributed by atoms with E-state index in [0.29, 0.717) is 11.3 Å². The van der Waals surface area contributed by atoms with E-state index < -0.39 is 11.6 Å². The first-order valence-electron chi connectivity index (χ1n) is 5.35. The van der Waals surface area contributed by atoms with Crippen LogP contribution in [0.4, 0.5) is 0 Å². The predicted molar refractivity (Wildman–Crippen MR) is 63.5 cm³/mol. The van der Waals surface area contributed by atoms with E-state index in [-0.39, 0.29) is 22.6 Å². The molecule has 1 aliphatic heterocycles. The van der Waals surface area contributed by atoms with Crippen molar-refractivity contribution >= 4 is 5.97 Å². The first-order valence-corrected chi connectivity index (χ1v) is 5.35. The molecule has 1 atom stereocenters. The quantitative estimate of drug-likeness (QED) is 0.740. The van der Waals surface area contributed by atoms with Crippen molar-refractivity contribution in [3.05, 3.63) is 35.1 Å².